The Morgan fingerprint density at radius 3 is 2.38 bits per heavy atom. The molecule has 0 saturated heterocycles. The number of aliphatic hydroxyl groups is 1. The number of aromatic nitrogens is 2. The van der Waals surface area contributed by atoms with Gasteiger partial charge < -0.3 is 14.6 Å². The van der Waals surface area contributed by atoms with Crippen LogP contribution in [0.5, 0.6) is 5.75 Å². The van der Waals surface area contributed by atoms with Gasteiger partial charge in [0.15, 0.2) is 17.1 Å². The first-order valence-corrected chi connectivity index (χ1v) is 8.59. The highest BCUT2D eigenvalue weighted by atomic mass is 35.5. The zero-order chi connectivity index (χ0) is 16.9. The third kappa shape index (κ3) is 3.81. The van der Waals surface area contributed by atoms with Crippen molar-refractivity contribution in [2.75, 3.05) is 13.6 Å². The highest BCUT2D eigenvalue weighted by Crippen LogP contribution is 2.44. The topological polar surface area (TPSA) is 64.5 Å². The van der Waals surface area contributed by atoms with Crippen LogP contribution in [0.4, 0.5) is 0 Å². The van der Waals surface area contributed by atoms with Gasteiger partial charge in [-0.15, -0.1) is 10.2 Å². The number of rotatable bonds is 6. The molecule has 1 aromatic carbocycles. The van der Waals surface area contributed by atoms with Crippen LogP contribution in [-0.2, 0) is 4.74 Å². The number of aliphatic hydroxyl groups excluding tert-OH is 1. The Labute approximate surface area is 150 Å². The summed E-state index contributed by atoms with van der Waals surface area (Å²) in [6.07, 6.45) is 4.57. The van der Waals surface area contributed by atoms with Gasteiger partial charge in [0.05, 0.1) is 0 Å². The zero-order valence-corrected chi connectivity index (χ0v) is 14.6. The predicted octanol–water partition coefficient (Wildman–Crippen LogP) is 4.41. The van der Waals surface area contributed by atoms with Crippen LogP contribution in [0.15, 0.2) is 24.3 Å². The minimum absolute atomic E-state index is 0.00737. The van der Waals surface area contributed by atoms with Crippen molar-refractivity contribution in [1.29, 1.82) is 0 Å². The standard InChI is InChI=1S/C17H18Cl2N2O3/c18-16-14(11-3-1-2-4-11)15(17(19)21-20-16)12-5-7-13(8-6-12)24-10-23-9-22/h5-8,11,22H,1-4,9-10H2. The summed E-state index contributed by atoms with van der Waals surface area (Å²) in [4.78, 5) is 0. The Balaban J connectivity index is 1.92. The Kier molecular flexibility index (Phi) is 5.89. The maximum absolute atomic E-state index is 8.59. The second-order valence-corrected chi connectivity index (χ2v) is 6.39. The van der Waals surface area contributed by atoms with Gasteiger partial charge in [-0.3, -0.25) is 0 Å². The molecule has 1 saturated carbocycles. The highest BCUT2D eigenvalue weighted by Gasteiger charge is 2.26. The van der Waals surface area contributed by atoms with Gasteiger partial charge >= 0.3 is 0 Å². The van der Waals surface area contributed by atoms with Crippen molar-refractivity contribution < 1.29 is 14.6 Å². The van der Waals surface area contributed by atoms with Crippen molar-refractivity contribution in [3.05, 3.63) is 40.1 Å². The lowest BCUT2D eigenvalue weighted by molar-refractivity contribution is -0.0653. The van der Waals surface area contributed by atoms with Crippen LogP contribution >= 0.6 is 23.2 Å². The van der Waals surface area contributed by atoms with Crippen LogP contribution < -0.4 is 4.74 Å². The largest absolute Gasteiger partial charge is 0.467 e. The molecule has 7 heteroatoms. The van der Waals surface area contributed by atoms with Crippen LogP contribution in [0.2, 0.25) is 10.3 Å². The minimum Gasteiger partial charge on any atom is -0.467 e. The van der Waals surface area contributed by atoms with Gasteiger partial charge in [-0.05, 0) is 36.5 Å². The van der Waals surface area contributed by atoms with E-state index in [0.29, 0.717) is 22.0 Å². The molecule has 1 aliphatic carbocycles. The van der Waals surface area contributed by atoms with E-state index in [4.69, 9.17) is 37.8 Å². The number of benzene rings is 1. The molecular formula is C17H18Cl2N2O3. The van der Waals surface area contributed by atoms with E-state index >= 15 is 0 Å². The third-order valence-corrected chi connectivity index (χ3v) is 4.77. The summed E-state index contributed by atoms with van der Waals surface area (Å²) in [5, 5.41) is 17.3. The quantitative estimate of drug-likeness (QED) is 0.604. The molecule has 0 radical (unpaired) electrons. The van der Waals surface area contributed by atoms with Gasteiger partial charge in [0.2, 0.25) is 0 Å². The van der Waals surface area contributed by atoms with E-state index in [1.807, 2.05) is 24.3 Å². The number of hydrogen-bond donors (Lipinski definition) is 1. The Hall–Kier alpha value is -1.40. The number of nitrogens with zero attached hydrogens (tertiary/aromatic N) is 2. The van der Waals surface area contributed by atoms with Crippen LogP contribution in [-0.4, -0.2) is 28.9 Å². The molecule has 1 fully saturated rings. The van der Waals surface area contributed by atoms with E-state index in [-0.39, 0.29) is 13.6 Å². The van der Waals surface area contributed by atoms with Crippen molar-refractivity contribution in [2.24, 2.45) is 0 Å². The summed E-state index contributed by atoms with van der Waals surface area (Å²) in [5.41, 5.74) is 2.77. The molecule has 0 spiro atoms. The maximum atomic E-state index is 8.59. The second-order valence-electron chi connectivity index (χ2n) is 5.67. The first-order chi connectivity index (χ1) is 11.7. The van der Waals surface area contributed by atoms with Gasteiger partial charge in [-0.1, -0.05) is 48.2 Å². The summed E-state index contributed by atoms with van der Waals surface area (Å²) < 4.78 is 10.1. The Morgan fingerprint density at radius 1 is 1.04 bits per heavy atom. The molecule has 2 aromatic rings. The molecular weight excluding hydrogens is 351 g/mol. The van der Waals surface area contributed by atoms with Crippen molar-refractivity contribution in [3.8, 4) is 16.9 Å². The van der Waals surface area contributed by atoms with Crippen molar-refractivity contribution in [3.63, 3.8) is 0 Å². The van der Waals surface area contributed by atoms with E-state index in [1.165, 1.54) is 12.8 Å². The molecule has 0 unspecified atom stereocenters. The van der Waals surface area contributed by atoms with Crippen LogP contribution in [0.25, 0.3) is 11.1 Å². The zero-order valence-electron chi connectivity index (χ0n) is 13.0. The number of ether oxygens (including phenoxy) is 2. The molecule has 128 valence electrons. The molecule has 1 aliphatic rings. The number of halogens is 2. The minimum atomic E-state index is -0.375. The summed E-state index contributed by atoms with van der Waals surface area (Å²) in [5.74, 6) is 1.01. The smallest absolute Gasteiger partial charge is 0.191 e. The molecule has 1 heterocycles. The van der Waals surface area contributed by atoms with Crippen LogP contribution in [0.1, 0.15) is 37.2 Å². The van der Waals surface area contributed by atoms with Gasteiger partial charge in [-0.2, -0.15) is 0 Å². The molecule has 1 N–H and O–H groups in total. The number of hydrogen-bond acceptors (Lipinski definition) is 5. The van der Waals surface area contributed by atoms with Gasteiger partial charge in [0.1, 0.15) is 12.5 Å². The SMILES string of the molecule is OCOCOc1ccc(-c2c(Cl)nnc(Cl)c2C2CCCC2)cc1. The summed E-state index contributed by atoms with van der Waals surface area (Å²) >= 11 is 12.7. The molecule has 0 bridgehead atoms. The van der Waals surface area contributed by atoms with Crippen molar-refractivity contribution in [1.82, 2.24) is 10.2 Å². The van der Waals surface area contributed by atoms with Gasteiger partial charge in [0.25, 0.3) is 0 Å². The molecule has 24 heavy (non-hydrogen) atoms. The Bertz CT molecular complexity index is 689. The summed E-state index contributed by atoms with van der Waals surface area (Å²) in [6.45, 7) is -0.383. The van der Waals surface area contributed by atoms with Gasteiger partial charge in [0, 0.05) is 11.1 Å². The normalized spacial score (nSPS) is 15.0. The predicted molar refractivity (Wildman–Crippen MR) is 92.4 cm³/mol. The lowest BCUT2D eigenvalue weighted by Gasteiger charge is -2.17. The summed E-state index contributed by atoms with van der Waals surface area (Å²) in [6, 6.07) is 7.45. The monoisotopic (exact) mass is 368 g/mol. The Morgan fingerprint density at radius 2 is 1.71 bits per heavy atom. The first-order valence-electron chi connectivity index (χ1n) is 7.84. The fourth-order valence-electron chi connectivity index (χ4n) is 3.13. The van der Waals surface area contributed by atoms with E-state index in [9.17, 15) is 0 Å². The molecule has 0 atom stereocenters. The lowest BCUT2D eigenvalue weighted by Crippen LogP contribution is -2.04. The average Bonchev–Trinajstić information content (AvgIpc) is 3.12. The van der Waals surface area contributed by atoms with Crippen molar-refractivity contribution >= 4 is 23.2 Å². The van der Waals surface area contributed by atoms with Crippen LogP contribution in [0.3, 0.4) is 0 Å². The molecule has 1 aromatic heterocycles. The van der Waals surface area contributed by atoms with E-state index < -0.39 is 0 Å². The fraction of sp³-hybridized carbons (Fsp3) is 0.412. The highest BCUT2D eigenvalue weighted by molar-refractivity contribution is 6.34. The third-order valence-electron chi connectivity index (χ3n) is 4.23. The molecule has 3 rings (SSSR count). The summed E-state index contributed by atoms with van der Waals surface area (Å²) in [7, 11) is 0. The first kappa shape index (κ1) is 17.4. The van der Waals surface area contributed by atoms with Crippen LogP contribution in [0, 0.1) is 0 Å². The molecule has 5 nitrogen and oxygen atoms in total. The van der Waals surface area contributed by atoms with Gasteiger partial charge in [-0.25, -0.2) is 0 Å². The fourth-order valence-corrected chi connectivity index (χ4v) is 3.67. The maximum Gasteiger partial charge on any atom is 0.191 e. The van der Waals surface area contributed by atoms with E-state index in [2.05, 4.69) is 10.2 Å². The average molecular weight is 369 g/mol. The molecule has 0 aliphatic heterocycles. The molecule has 0 amide bonds. The lowest BCUT2D eigenvalue weighted by atomic mass is 9.92. The van der Waals surface area contributed by atoms with Crippen molar-refractivity contribution in [2.45, 2.75) is 31.6 Å². The second kappa shape index (κ2) is 8.12. The van der Waals surface area contributed by atoms with E-state index in [0.717, 1.165) is 29.5 Å². The van der Waals surface area contributed by atoms with E-state index in [1.54, 1.807) is 0 Å².